The fourth-order valence-corrected chi connectivity index (χ4v) is 3.69. The lowest BCUT2D eigenvalue weighted by Crippen LogP contribution is -2.26. The molecular formula is C22H21F2N3O2. The van der Waals surface area contributed by atoms with E-state index in [9.17, 15) is 13.6 Å². The van der Waals surface area contributed by atoms with Gasteiger partial charge in [0, 0.05) is 10.9 Å². The second-order valence-electron chi connectivity index (χ2n) is 7.12. The minimum absolute atomic E-state index is 0.00107. The predicted molar refractivity (Wildman–Crippen MR) is 109 cm³/mol. The van der Waals surface area contributed by atoms with E-state index in [4.69, 9.17) is 5.11 Å². The van der Waals surface area contributed by atoms with Gasteiger partial charge < -0.3 is 15.1 Å². The molecule has 2 aromatic heterocycles. The van der Waals surface area contributed by atoms with Crippen molar-refractivity contribution < 1.29 is 18.7 Å². The number of carboxylic acids is 1. The van der Waals surface area contributed by atoms with Crippen molar-refractivity contribution in [2.45, 2.75) is 12.8 Å². The fourth-order valence-electron chi connectivity index (χ4n) is 3.69. The lowest BCUT2D eigenvalue weighted by Gasteiger charge is -2.09. The third kappa shape index (κ3) is 4.00. The van der Waals surface area contributed by atoms with Crippen LogP contribution in [0, 0.1) is 11.6 Å². The van der Waals surface area contributed by atoms with Crippen molar-refractivity contribution in [2.24, 2.45) is 0 Å². The average molecular weight is 397 g/mol. The molecule has 0 atom stereocenters. The largest absolute Gasteiger partial charge is 0.480 e. The van der Waals surface area contributed by atoms with Crippen molar-refractivity contribution in [1.29, 1.82) is 0 Å². The van der Waals surface area contributed by atoms with Crippen LogP contribution in [0.25, 0.3) is 33.2 Å². The first-order valence-electron chi connectivity index (χ1n) is 9.51. The highest BCUT2D eigenvalue weighted by Crippen LogP contribution is 2.31. The number of halogens is 2. The molecule has 0 amide bonds. The van der Waals surface area contributed by atoms with Crippen LogP contribution in [0.2, 0.25) is 0 Å². The van der Waals surface area contributed by atoms with Gasteiger partial charge in [-0.2, -0.15) is 0 Å². The van der Waals surface area contributed by atoms with Crippen LogP contribution in [-0.2, 0) is 4.79 Å². The summed E-state index contributed by atoms with van der Waals surface area (Å²) in [5.41, 5.74) is 2.26. The van der Waals surface area contributed by atoms with E-state index in [0.717, 1.165) is 36.8 Å². The lowest BCUT2D eigenvalue weighted by atomic mass is 10.2. The minimum atomic E-state index is -0.711. The van der Waals surface area contributed by atoms with E-state index < -0.39 is 17.6 Å². The Balaban J connectivity index is 0.000000192. The third-order valence-corrected chi connectivity index (χ3v) is 5.07. The number of nitrogens with zero attached hydrogens (tertiary/aromatic N) is 1. The van der Waals surface area contributed by atoms with Gasteiger partial charge in [0.05, 0.1) is 28.8 Å². The van der Waals surface area contributed by atoms with Crippen LogP contribution in [0.5, 0.6) is 0 Å². The van der Waals surface area contributed by atoms with E-state index in [2.05, 4.69) is 9.97 Å². The van der Waals surface area contributed by atoms with E-state index in [1.165, 1.54) is 6.07 Å². The number of carboxylic acid groups (broad SMARTS) is 1. The molecule has 7 heteroatoms. The first-order chi connectivity index (χ1) is 14.0. The van der Waals surface area contributed by atoms with Crippen molar-refractivity contribution in [1.82, 2.24) is 14.9 Å². The second kappa shape index (κ2) is 8.05. The maximum atomic E-state index is 14.4. The summed E-state index contributed by atoms with van der Waals surface area (Å²) in [6.45, 7) is 2.15. The molecule has 0 aliphatic carbocycles. The molecule has 0 unspecified atom stereocenters. The molecule has 5 rings (SSSR count). The van der Waals surface area contributed by atoms with Crippen LogP contribution in [-0.4, -0.2) is 45.6 Å². The maximum Gasteiger partial charge on any atom is 0.317 e. The number of para-hydroxylation sites is 1. The number of hydrogen-bond donors (Lipinski definition) is 3. The van der Waals surface area contributed by atoms with Crippen LogP contribution in [0.4, 0.5) is 8.78 Å². The van der Waals surface area contributed by atoms with E-state index >= 15 is 0 Å². The Labute approximate surface area is 166 Å². The predicted octanol–water partition coefficient (Wildman–Crippen LogP) is 4.76. The zero-order valence-corrected chi connectivity index (χ0v) is 15.7. The number of aromatic amines is 2. The van der Waals surface area contributed by atoms with Gasteiger partial charge in [0.2, 0.25) is 0 Å². The number of benzene rings is 2. The summed E-state index contributed by atoms with van der Waals surface area (Å²) in [5, 5.41) is 9.32. The first-order valence-corrected chi connectivity index (χ1v) is 9.51. The average Bonchev–Trinajstić information content (AvgIpc) is 3.41. The van der Waals surface area contributed by atoms with Crippen LogP contribution in [0.1, 0.15) is 12.8 Å². The molecule has 3 N–H and O–H groups in total. The number of likely N-dealkylation sites (tertiary alicyclic amines) is 1. The van der Waals surface area contributed by atoms with Gasteiger partial charge in [-0.25, -0.2) is 8.78 Å². The minimum Gasteiger partial charge on any atom is -0.480 e. The number of aromatic nitrogens is 2. The Kier molecular flexibility index (Phi) is 5.31. The number of H-pyrrole nitrogens is 2. The molecule has 29 heavy (non-hydrogen) atoms. The van der Waals surface area contributed by atoms with Gasteiger partial charge in [-0.15, -0.1) is 0 Å². The second-order valence-corrected chi connectivity index (χ2v) is 7.12. The lowest BCUT2D eigenvalue weighted by molar-refractivity contribution is -0.138. The summed E-state index contributed by atoms with van der Waals surface area (Å²) in [5.74, 6) is -1.83. The van der Waals surface area contributed by atoms with Gasteiger partial charge in [0.15, 0.2) is 5.82 Å². The highest BCUT2D eigenvalue weighted by atomic mass is 19.1. The van der Waals surface area contributed by atoms with Crippen LogP contribution in [0.15, 0.2) is 48.5 Å². The summed E-state index contributed by atoms with van der Waals surface area (Å²) in [6.07, 6.45) is 2.32. The van der Waals surface area contributed by atoms with Crippen LogP contribution < -0.4 is 0 Å². The van der Waals surface area contributed by atoms with Gasteiger partial charge in [-0.3, -0.25) is 9.69 Å². The molecule has 150 valence electrons. The van der Waals surface area contributed by atoms with Crippen molar-refractivity contribution in [3.63, 3.8) is 0 Å². The Morgan fingerprint density at radius 3 is 2.41 bits per heavy atom. The van der Waals surface area contributed by atoms with E-state index in [-0.39, 0.29) is 17.6 Å². The molecule has 5 nitrogen and oxygen atoms in total. The monoisotopic (exact) mass is 397 g/mol. The van der Waals surface area contributed by atoms with Crippen molar-refractivity contribution in [2.75, 3.05) is 19.6 Å². The zero-order chi connectivity index (χ0) is 20.4. The normalized spacial score (nSPS) is 14.3. The van der Waals surface area contributed by atoms with Crippen LogP contribution in [0.3, 0.4) is 0 Å². The third-order valence-electron chi connectivity index (χ3n) is 5.07. The van der Waals surface area contributed by atoms with E-state index in [1.54, 1.807) is 12.1 Å². The molecular weight excluding hydrogens is 376 g/mol. The van der Waals surface area contributed by atoms with Gasteiger partial charge in [0.25, 0.3) is 0 Å². The molecule has 0 radical (unpaired) electrons. The number of rotatable bonds is 3. The fraction of sp³-hybridized carbons (Fsp3) is 0.227. The van der Waals surface area contributed by atoms with E-state index in [1.807, 2.05) is 35.2 Å². The Hall–Kier alpha value is -3.19. The summed E-state index contributed by atoms with van der Waals surface area (Å²) in [7, 11) is 0. The molecule has 1 aliphatic rings. The number of aliphatic carboxylic acids is 1. The molecule has 1 aliphatic heterocycles. The number of fused-ring (bicyclic) bond motifs is 2. The molecule has 0 spiro atoms. The maximum absolute atomic E-state index is 14.4. The number of nitrogens with one attached hydrogen (secondary N) is 2. The Morgan fingerprint density at radius 1 is 1.00 bits per heavy atom. The van der Waals surface area contributed by atoms with Crippen molar-refractivity contribution in [3.05, 3.63) is 60.2 Å². The highest BCUT2D eigenvalue weighted by molar-refractivity contribution is 5.90. The standard InChI is InChI=1S/C16H10F2N2.C6H11NO2/c17-10-5-3-7-12-14(10)15(18)16(20-12)13-8-9-4-1-2-6-11(9)19-13;8-6(9)5-7-3-1-2-4-7/h1-8,19-20H;1-5H2,(H,8,9). The van der Waals surface area contributed by atoms with Crippen LogP contribution >= 0.6 is 0 Å². The van der Waals surface area contributed by atoms with Gasteiger partial charge in [0.1, 0.15) is 5.82 Å². The van der Waals surface area contributed by atoms with E-state index in [0.29, 0.717) is 11.2 Å². The number of carbonyl (C=O) groups is 1. The molecule has 0 bridgehead atoms. The Bertz CT molecular complexity index is 1130. The molecule has 1 fully saturated rings. The Morgan fingerprint density at radius 2 is 1.72 bits per heavy atom. The smallest absolute Gasteiger partial charge is 0.317 e. The van der Waals surface area contributed by atoms with Gasteiger partial charge in [-0.05, 0) is 50.2 Å². The first kappa shape index (κ1) is 19.1. The van der Waals surface area contributed by atoms with Gasteiger partial charge >= 0.3 is 5.97 Å². The summed E-state index contributed by atoms with van der Waals surface area (Å²) >= 11 is 0. The zero-order valence-electron chi connectivity index (χ0n) is 15.7. The molecule has 4 aromatic rings. The quantitative estimate of drug-likeness (QED) is 0.467. The van der Waals surface area contributed by atoms with Crippen molar-refractivity contribution in [3.8, 4) is 11.4 Å². The summed E-state index contributed by atoms with van der Waals surface area (Å²) in [6, 6.07) is 14.0. The molecule has 2 aromatic carbocycles. The highest BCUT2D eigenvalue weighted by Gasteiger charge is 2.17. The SMILES string of the molecule is Fc1cccc2[nH]c(-c3cc4ccccc4[nH]3)c(F)c12.O=C(O)CN1CCCC1. The molecule has 1 saturated heterocycles. The number of hydrogen-bond acceptors (Lipinski definition) is 2. The molecule has 3 heterocycles. The molecule has 0 saturated carbocycles. The van der Waals surface area contributed by atoms with Gasteiger partial charge in [-0.1, -0.05) is 24.3 Å². The van der Waals surface area contributed by atoms with Crippen molar-refractivity contribution >= 4 is 27.8 Å². The summed E-state index contributed by atoms with van der Waals surface area (Å²) < 4.78 is 28.1. The topological polar surface area (TPSA) is 72.1 Å². The summed E-state index contributed by atoms with van der Waals surface area (Å²) in [4.78, 5) is 18.1.